The molecule has 1 aliphatic carbocycles. The molecule has 1 heterocycles. The number of aryl methyl sites for hydroxylation is 1. The molecule has 5 nitrogen and oxygen atoms in total. The zero-order valence-electron chi connectivity index (χ0n) is 14.8. The molecule has 0 bridgehead atoms. The third-order valence-corrected chi connectivity index (χ3v) is 7.11. The van der Waals surface area contributed by atoms with Gasteiger partial charge in [0.1, 0.15) is 6.61 Å². The lowest BCUT2D eigenvalue weighted by Gasteiger charge is -2.48. The maximum atomic E-state index is 13.2. The Morgan fingerprint density at radius 1 is 1.16 bits per heavy atom. The lowest BCUT2D eigenvalue weighted by molar-refractivity contribution is -0.0247. The van der Waals surface area contributed by atoms with E-state index in [2.05, 4.69) is 0 Å². The number of ether oxygens (including phenoxy) is 1. The van der Waals surface area contributed by atoms with Gasteiger partial charge in [0.2, 0.25) is 0 Å². The van der Waals surface area contributed by atoms with E-state index in [1.165, 1.54) is 0 Å². The molecule has 1 spiro atoms. The molecule has 6 heteroatoms. The first-order chi connectivity index (χ1) is 11.9. The van der Waals surface area contributed by atoms with Crippen molar-refractivity contribution < 1.29 is 17.9 Å². The van der Waals surface area contributed by atoms with Gasteiger partial charge in [-0.3, -0.25) is 0 Å². The van der Waals surface area contributed by atoms with Crippen LogP contribution in [0.4, 0.5) is 4.79 Å². The van der Waals surface area contributed by atoms with Gasteiger partial charge in [0.25, 0.3) is 10.0 Å². The molecule has 0 N–H and O–H groups in total. The number of hydrogen-bond donors (Lipinski definition) is 0. The molecule has 1 saturated heterocycles. The van der Waals surface area contributed by atoms with Crippen LogP contribution in [0.1, 0.15) is 44.6 Å². The van der Waals surface area contributed by atoms with E-state index in [-0.39, 0.29) is 10.3 Å². The number of sulfonamides is 1. The first-order valence-electron chi connectivity index (χ1n) is 8.81. The van der Waals surface area contributed by atoms with Gasteiger partial charge < -0.3 is 4.74 Å². The van der Waals surface area contributed by atoms with E-state index in [0.29, 0.717) is 6.61 Å². The molecule has 0 aromatic heterocycles. The quantitative estimate of drug-likeness (QED) is 0.761. The third-order valence-electron chi connectivity index (χ3n) is 5.34. The summed E-state index contributed by atoms with van der Waals surface area (Å²) in [5, 5.41) is 0. The van der Waals surface area contributed by atoms with Crippen molar-refractivity contribution >= 4 is 16.1 Å². The number of carbonyl (C=O) groups excluding carboxylic acids is 1. The molecular weight excluding hydrogens is 338 g/mol. The van der Waals surface area contributed by atoms with Crippen LogP contribution < -0.4 is 0 Å². The van der Waals surface area contributed by atoms with Gasteiger partial charge in [-0.25, -0.2) is 13.2 Å². The first kappa shape index (κ1) is 18.0. The van der Waals surface area contributed by atoms with Crippen LogP contribution in [0.5, 0.6) is 0 Å². The van der Waals surface area contributed by atoms with Gasteiger partial charge in [-0.05, 0) is 38.8 Å². The molecule has 1 aromatic carbocycles. The van der Waals surface area contributed by atoms with Crippen LogP contribution in [0, 0.1) is 12.3 Å². The number of amides is 1. The Labute approximate surface area is 149 Å². The van der Waals surface area contributed by atoms with Gasteiger partial charge in [-0.1, -0.05) is 49.1 Å². The molecule has 1 unspecified atom stereocenters. The maximum absolute atomic E-state index is 13.2. The third kappa shape index (κ3) is 3.19. The number of rotatable bonds is 3. The molecular formula is C19H25NO4S. The summed E-state index contributed by atoms with van der Waals surface area (Å²) in [4.78, 5) is 12.6. The lowest BCUT2D eigenvalue weighted by Crippen LogP contribution is -2.59. The second-order valence-corrected chi connectivity index (χ2v) is 8.88. The van der Waals surface area contributed by atoms with Crippen molar-refractivity contribution in [3.63, 3.8) is 0 Å². The Hall–Kier alpha value is -1.82. The molecule has 1 saturated carbocycles. The fourth-order valence-corrected chi connectivity index (χ4v) is 5.50. The van der Waals surface area contributed by atoms with Gasteiger partial charge in [-0.2, -0.15) is 4.31 Å². The van der Waals surface area contributed by atoms with Crippen LogP contribution in [0.25, 0.3) is 0 Å². The minimum Gasteiger partial charge on any atom is -0.448 e. The smallest absolute Gasteiger partial charge is 0.424 e. The van der Waals surface area contributed by atoms with Gasteiger partial charge in [0, 0.05) is 5.41 Å². The van der Waals surface area contributed by atoms with E-state index in [1.807, 2.05) is 26.0 Å². The van der Waals surface area contributed by atoms with Gasteiger partial charge >= 0.3 is 6.09 Å². The van der Waals surface area contributed by atoms with Crippen molar-refractivity contribution in [3.8, 4) is 0 Å². The van der Waals surface area contributed by atoms with Crippen LogP contribution in [0.2, 0.25) is 0 Å². The molecule has 1 amide bonds. The van der Waals surface area contributed by atoms with Crippen LogP contribution in [-0.2, 0) is 14.8 Å². The highest BCUT2D eigenvalue weighted by atomic mass is 32.2. The second-order valence-electron chi connectivity index (χ2n) is 7.06. The lowest BCUT2D eigenvalue weighted by atomic mass is 9.69. The molecule has 1 aliphatic heterocycles. The SMILES string of the molecule is C/C=C/C1N(S(=O)(=O)c2ccc(C)cc2)C(=O)OCC12CCCCC2. The van der Waals surface area contributed by atoms with Gasteiger partial charge in [-0.15, -0.1) is 0 Å². The normalized spacial score (nSPS) is 23.8. The number of hydrogen-bond acceptors (Lipinski definition) is 4. The van der Waals surface area contributed by atoms with Crippen molar-refractivity contribution in [1.29, 1.82) is 0 Å². The summed E-state index contributed by atoms with van der Waals surface area (Å²) >= 11 is 0. The number of allylic oxidation sites excluding steroid dienone is 1. The van der Waals surface area contributed by atoms with Crippen molar-refractivity contribution in [1.82, 2.24) is 4.31 Å². The average molecular weight is 363 g/mol. The van der Waals surface area contributed by atoms with Crippen molar-refractivity contribution in [2.24, 2.45) is 5.41 Å². The maximum Gasteiger partial charge on any atom is 0.424 e. The zero-order valence-corrected chi connectivity index (χ0v) is 15.6. The van der Waals surface area contributed by atoms with Crippen molar-refractivity contribution in [3.05, 3.63) is 42.0 Å². The Kier molecular flexibility index (Phi) is 4.91. The molecule has 2 aliphatic rings. The highest BCUT2D eigenvalue weighted by Gasteiger charge is 2.52. The van der Waals surface area contributed by atoms with E-state index in [0.717, 1.165) is 42.0 Å². The molecule has 136 valence electrons. The number of cyclic esters (lactones) is 1. The topological polar surface area (TPSA) is 63.7 Å². The molecule has 0 radical (unpaired) electrons. The van der Waals surface area contributed by atoms with E-state index >= 15 is 0 Å². The fourth-order valence-electron chi connectivity index (χ4n) is 3.95. The summed E-state index contributed by atoms with van der Waals surface area (Å²) in [6.45, 7) is 4.04. The van der Waals surface area contributed by atoms with E-state index < -0.39 is 22.2 Å². The highest BCUT2D eigenvalue weighted by molar-refractivity contribution is 7.89. The summed E-state index contributed by atoms with van der Waals surface area (Å²) in [6.07, 6.45) is 7.84. The Morgan fingerprint density at radius 2 is 1.80 bits per heavy atom. The Bertz CT molecular complexity index is 761. The summed E-state index contributed by atoms with van der Waals surface area (Å²) in [5.41, 5.74) is 0.644. The predicted octanol–water partition coefficient (Wildman–Crippen LogP) is 4.03. The molecule has 25 heavy (non-hydrogen) atoms. The second kappa shape index (κ2) is 6.83. The zero-order chi connectivity index (χ0) is 18.1. The summed E-state index contributed by atoms with van der Waals surface area (Å²) < 4.78 is 32.8. The fraction of sp³-hybridized carbons (Fsp3) is 0.526. The van der Waals surface area contributed by atoms with Crippen molar-refractivity contribution in [2.75, 3.05) is 6.61 Å². The van der Waals surface area contributed by atoms with E-state index in [1.54, 1.807) is 24.3 Å². The van der Waals surface area contributed by atoms with Crippen LogP contribution in [-0.4, -0.2) is 31.5 Å². The number of benzene rings is 1. The van der Waals surface area contributed by atoms with E-state index in [9.17, 15) is 13.2 Å². The Balaban J connectivity index is 2.06. The summed E-state index contributed by atoms with van der Waals surface area (Å²) in [7, 11) is -3.97. The molecule has 1 aromatic rings. The minimum atomic E-state index is -3.97. The number of carbonyl (C=O) groups is 1. The molecule has 1 atom stereocenters. The van der Waals surface area contributed by atoms with Crippen LogP contribution in [0.15, 0.2) is 41.3 Å². The highest BCUT2D eigenvalue weighted by Crippen LogP contribution is 2.46. The summed E-state index contributed by atoms with van der Waals surface area (Å²) in [6, 6.07) is 6.08. The van der Waals surface area contributed by atoms with E-state index in [4.69, 9.17) is 4.74 Å². The standard InChI is InChI=1S/C19H25NO4S/c1-3-7-17-19(12-5-4-6-13-19)14-24-18(21)20(17)25(22,23)16-10-8-15(2)9-11-16/h3,7-11,17H,4-6,12-14H2,1-2H3/b7-3+. The minimum absolute atomic E-state index is 0.123. The van der Waals surface area contributed by atoms with Crippen LogP contribution >= 0.6 is 0 Å². The average Bonchev–Trinajstić information content (AvgIpc) is 2.60. The first-order valence-corrected chi connectivity index (χ1v) is 10.3. The van der Waals surface area contributed by atoms with Gasteiger partial charge in [0.15, 0.2) is 0 Å². The predicted molar refractivity (Wildman–Crippen MR) is 95.7 cm³/mol. The van der Waals surface area contributed by atoms with Crippen LogP contribution in [0.3, 0.4) is 0 Å². The number of nitrogens with zero attached hydrogens (tertiary/aromatic N) is 1. The van der Waals surface area contributed by atoms with Crippen molar-refractivity contribution in [2.45, 2.75) is 56.9 Å². The summed E-state index contributed by atoms with van der Waals surface area (Å²) in [5.74, 6) is 0. The molecule has 2 fully saturated rings. The Morgan fingerprint density at radius 3 is 2.40 bits per heavy atom. The van der Waals surface area contributed by atoms with Gasteiger partial charge in [0.05, 0.1) is 10.9 Å². The molecule has 3 rings (SSSR count). The monoisotopic (exact) mass is 363 g/mol. The largest absolute Gasteiger partial charge is 0.448 e.